The number of likely N-dealkylation sites (N-methyl/N-ethyl adjacent to an activating group) is 1. The number of carbonyl (C=O) groups excluding carboxylic acids is 2. The summed E-state index contributed by atoms with van der Waals surface area (Å²) in [5, 5.41) is 1.47. The van der Waals surface area contributed by atoms with Crippen LogP contribution in [0.5, 0.6) is 0 Å². The summed E-state index contributed by atoms with van der Waals surface area (Å²) in [6.45, 7) is 1.85. The predicted molar refractivity (Wildman–Crippen MR) is 101 cm³/mol. The maximum atomic E-state index is 12.9. The van der Waals surface area contributed by atoms with E-state index in [4.69, 9.17) is 9.15 Å². The number of carbonyl (C=O) groups is 2. The van der Waals surface area contributed by atoms with Gasteiger partial charge in [-0.05, 0) is 19.1 Å². The maximum absolute atomic E-state index is 12.9. The molecule has 1 aromatic carbocycles. The lowest BCUT2D eigenvalue weighted by molar-refractivity contribution is -0.143. The van der Waals surface area contributed by atoms with Gasteiger partial charge in [0.05, 0.1) is 6.61 Å². The van der Waals surface area contributed by atoms with Crippen LogP contribution in [0, 0.1) is 0 Å². The van der Waals surface area contributed by atoms with Crippen LogP contribution in [0.2, 0.25) is 0 Å². The first-order valence-corrected chi connectivity index (χ1v) is 9.40. The van der Waals surface area contributed by atoms with Gasteiger partial charge in [0, 0.05) is 36.1 Å². The van der Waals surface area contributed by atoms with Gasteiger partial charge in [0.25, 0.3) is 5.91 Å². The average Bonchev–Trinajstić information content (AvgIpc) is 3.05. The van der Waals surface area contributed by atoms with Gasteiger partial charge in [-0.3, -0.25) is 9.59 Å². The summed E-state index contributed by atoms with van der Waals surface area (Å²) in [6, 6.07) is 9.20. The second-order valence-corrected chi connectivity index (χ2v) is 6.63. The van der Waals surface area contributed by atoms with Crippen LogP contribution in [0.4, 0.5) is 0 Å². The molecule has 0 bridgehead atoms. The van der Waals surface area contributed by atoms with Gasteiger partial charge in [-0.2, -0.15) is 0 Å². The van der Waals surface area contributed by atoms with E-state index in [0.29, 0.717) is 16.5 Å². The van der Waals surface area contributed by atoms with Crippen LogP contribution in [-0.4, -0.2) is 46.9 Å². The molecule has 0 fully saturated rings. The third kappa shape index (κ3) is 4.46. The summed E-state index contributed by atoms with van der Waals surface area (Å²) in [5.74, 6) is -0.150. The SMILES string of the molecule is CCOC(=O)CN(C)C(=O)c1oc2ccccc2c1CSc1ncccn1. The molecule has 0 spiro atoms. The third-order valence-corrected chi connectivity index (χ3v) is 4.70. The van der Waals surface area contributed by atoms with Crippen molar-refractivity contribution in [2.24, 2.45) is 0 Å². The Kier molecular flexibility index (Phi) is 6.08. The summed E-state index contributed by atoms with van der Waals surface area (Å²) in [4.78, 5) is 34.2. The number of thioether (sulfide) groups is 1. The van der Waals surface area contributed by atoms with Crippen LogP contribution in [0.15, 0.2) is 52.3 Å². The Morgan fingerprint density at radius 1 is 1.19 bits per heavy atom. The van der Waals surface area contributed by atoms with E-state index in [-0.39, 0.29) is 24.8 Å². The lowest BCUT2D eigenvalue weighted by Gasteiger charge is -2.15. The van der Waals surface area contributed by atoms with Crippen molar-refractivity contribution in [2.75, 3.05) is 20.2 Å². The number of esters is 1. The first-order valence-electron chi connectivity index (χ1n) is 8.41. The molecule has 1 amide bonds. The zero-order valence-electron chi connectivity index (χ0n) is 15.0. The molecule has 0 N–H and O–H groups in total. The Morgan fingerprint density at radius 2 is 1.93 bits per heavy atom. The van der Waals surface area contributed by atoms with Gasteiger partial charge in [-0.25, -0.2) is 9.97 Å². The predicted octanol–water partition coefficient (Wildman–Crippen LogP) is 3.15. The third-order valence-electron chi connectivity index (χ3n) is 3.80. The van der Waals surface area contributed by atoms with Gasteiger partial charge < -0.3 is 14.1 Å². The van der Waals surface area contributed by atoms with Gasteiger partial charge in [-0.15, -0.1) is 0 Å². The number of benzene rings is 1. The fraction of sp³-hybridized carbons (Fsp3) is 0.263. The number of hydrogen-bond acceptors (Lipinski definition) is 7. The van der Waals surface area contributed by atoms with E-state index < -0.39 is 5.97 Å². The van der Waals surface area contributed by atoms with E-state index in [1.165, 1.54) is 16.7 Å². The number of fused-ring (bicyclic) bond motifs is 1. The van der Waals surface area contributed by atoms with Crippen molar-refractivity contribution >= 4 is 34.6 Å². The summed E-state index contributed by atoms with van der Waals surface area (Å²) < 4.78 is 10.7. The number of aromatic nitrogens is 2. The highest BCUT2D eigenvalue weighted by Gasteiger charge is 2.25. The first kappa shape index (κ1) is 18.9. The van der Waals surface area contributed by atoms with Crippen LogP contribution in [-0.2, 0) is 15.3 Å². The fourth-order valence-electron chi connectivity index (χ4n) is 2.56. The van der Waals surface area contributed by atoms with E-state index in [9.17, 15) is 9.59 Å². The molecule has 0 saturated heterocycles. The highest BCUT2D eigenvalue weighted by atomic mass is 32.2. The fourth-order valence-corrected chi connectivity index (χ4v) is 3.39. The normalized spacial score (nSPS) is 10.7. The van der Waals surface area contributed by atoms with Crippen molar-refractivity contribution in [2.45, 2.75) is 17.8 Å². The molecular weight excluding hydrogens is 366 g/mol. The number of rotatable bonds is 7. The first-order chi connectivity index (χ1) is 13.1. The molecule has 140 valence electrons. The smallest absolute Gasteiger partial charge is 0.325 e. The van der Waals surface area contributed by atoms with Crippen LogP contribution in [0.3, 0.4) is 0 Å². The Morgan fingerprint density at radius 3 is 2.67 bits per heavy atom. The van der Waals surface area contributed by atoms with Gasteiger partial charge in [0.1, 0.15) is 12.1 Å². The van der Waals surface area contributed by atoms with Crippen LogP contribution < -0.4 is 0 Å². The molecule has 0 saturated carbocycles. The number of para-hydroxylation sites is 1. The topological polar surface area (TPSA) is 85.5 Å². The molecule has 2 heterocycles. The van der Waals surface area contributed by atoms with Gasteiger partial charge >= 0.3 is 5.97 Å². The Bertz CT molecular complexity index is 943. The number of amides is 1. The molecule has 0 aliphatic rings. The van der Waals surface area contributed by atoms with Crippen molar-refractivity contribution in [3.63, 3.8) is 0 Å². The number of hydrogen-bond donors (Lipinski definition) is 0. The van der Waals surface area contributed by atoms with Crippen molar-refractivity contribution in [1.82, 2.24) is 14.9 Å². The molecule has 0 aliphatic carbocycles. The zero-order valence-corrected chi connectivity index (χ0v) is 15.9. The van der Waals surface area contributed by atoms with Gasteiger partial charge in [0.2, 0.25) is 0 Å². The molecular formula is C19H19N3O4S. The Labute approximate surface area is 160 Å². The standard InChI is InChI=1S/C19H19N3O4S/c1-3-25-16(23)11-22(2)18(24)17-14(12-27-19-20-9-6-10-21-19)13-7-4-5-8-15(13)26-17/h4-10H,3,11-12H2,1-2H3. The number of furan rings is 1. The molecule has 27 heavy (non-hydrogen) atoms. The van der Waals surface area contributed by atoms with E-state index >= 15 is 0 Å². The van der Waals surface area contributed by atoms with Crippen LogP contribution in [0.1, 0.15) is 23.0 Å². The molecule has 0 radical (unpaired) electrons. The van der Waals surface area contributed by atoms with Crippen molar-refractivity contribution < 1.29 is 18.7 Å². The Balaban J connectivity index is 1.87. The van der Waals surface area contributed by atoms with Crippen LogP contribution >= 0.6 is 11.8 Å². The van der Waals surface area contributed by atoms with E-state index in [1.807, 2.05) is 24.3 Å². The highest BCUT2D eigenvalue weighted by Crippen LogP contribution is 2.31. The summed E-state index contributed by atoms with van der Waals surface area (Å²) in [5.41, 5.74) is 1.37. The second kappa shape index (κ2) is 8.68. The molecule has 8 heteroatoms. The molecule has 0 atom stereocenters. The van der Waals surface area contributed by atoms with E-state index in [1.54, 1.807) is 32.4 Å². The molecule has 2 aromatic heterocycles. The van der Waals surface area contributed by atoms with E-state index in [2.05, 4.69) is 9.97 Å². The highest BCUT2D eigenvalue weighted by molar-refractivity contribution is 7.98. The number of nitrogens with zero attached hydrogens (tertiary/aromatic N) is 3. The van der Waals surface area contributed by atoms with Gasteiger partial charge in [0.15, 0.2) is 10.9 Å². The summed E-state index contributed by atoms with van der Waals surface area (Å²) in [6.07, 6.45) is 3.34. The quantitative estimate of drug-likeness (QED) is 0.351. The molecule has 0 unspecified atom stereocenters. The van der Waals surface area contributed by atoms with Crippen LogP contribution in [0.25, 0.3) is 11.0 Å². The largest absolute Gasteiger partial charge is 0.465 e. The molecule has 3 aromatic rings. The van der Waals surface area contributed by atoms with Gasteiger partial charge in [-0.1, -0.05) is 30.0 Å². The molecule has 0 aliphatic heterocycles. The monoisotopic (exact) mass is 385 g/mol. The average molecular weight is 385 g/mol. The Hall–Kier alpha value is -2.87. The minimum absolute atomic E-state index is 0.141. The molecule has 3 rings (SSSR count). The number of ether oxygens (including phenoxy) is 1. The maximum Gasteiger partial charge on any atom is 0.325 e. The van der Waals surface area contributed by atoms with Crippen molar-refractivity contribution in [3.05, 3.63) is 54.0 Å². The minimum atomic E-state index is -0.460. The van der Waals surface area contributed by atoms with Crippen molar-refractivity contribution in [3.8, 4) is 0 Å². The summed E-state index contributed by atoms with van der Waals surface area (Å²) >= 11 is 1.41. The lowest BCUT2D eigenvalue weighted by atomic mass is 10.1. The second-order valence-electron chi connectivity index (χ2n) is 5.69. The summed E-state index contributed by atoms with van der Waals surface area (Å²) in [7, 11) is 1.55. The van der Waals surface area contributed by atoms with E-state index in [0.717, 1.165) is 10.9 Å². The lowest BCUT2D eigenvalue weighted by Crippen LogP contribution is -2.33. The van der Waals surface area contributed by atoms with Crippen molar-refractivity contribution in [1.29, 1.82) is 0 Å². The molecule has 7 nitrogen and oxygen atoms in total. The zero-order chi connectivity index (χ0) is 19.2. The minimum Gasteiger partial charge on any atom is -0.465 e.